The Morgan fingerprint density at radius 1 is 0.472 bits per heavy atom. The smallest absolute Gasteiger partial charge is 0.207 e. The molecule has 0 aliphatic rings. The molecular weight excluding hydrogens is 459 g/mol. The standard InChI is InChI=1S/C32H21N2OP/c35-36(29-17-7-9-19-33-29,30-18-8-10-20-34-30)32-23-12-2-1-11-22(23)21-28-26-15-4-3-13-24(26)25-14-5-6-16-27(25)31(28)32/h1-21H. The maximum absolute atomic E-state index is 15.7. The number of pyridine rings is 2. The average molecular weight is 481 g/mol. The molecule has 36 heavy (non-hydrogen) atoms. The minimum Gasteiger partial charge on any atom is -0.305 e. The minimum atomic E-state index is -3.47. The van der Waals surface area contributed by atoms with Gasteiger partial charge in [-0.1, -0.05) is 84.9 Å². The van der Waals surface area contributed by atoms with Gasteiger partial charge in [-0.15, -0.1) is 0 Å². The molecule has 3 nitrogen and oxygen atoms in total. The molecule has 0 aliphatic carbocycles. The van der Waals surface area contributed by atoms with Gasteiger partial charge in [0.15, 0.2) is 0 Å². The van der Waals surface area contributed by atoms with E-state index < -0.39 is 7.14 Å². The maximum Gasteiger partial charge on any atom is 0.207 e. The van der Waals surface area contributed by atoms with Gasteiger partial charge in [0.1, 0.15) is 10.9 Å². The average Bonchev–Trinajstić information content (AvgIpc) is 2.97. The Bertz CT molecular complexity index is 1920. The Morgan fingerprint density at radius 3 is 1.53 bits per heavy atom. The summed E-state index contributed by atoms with van der Waals surface area (Å²) in [5, 5.41) is 9.46. The van der Waals surface area contributed by atoms with Gasteiger partial charge in [0, 0.05) is 23.1 Å². The summed E-state index contributed by atoms with van der Waals surface area (Å²) in [6.45, 7) is 0. The van der Waals surface area contributed by atoms with Gasteiger partial charge in [0.2, 0.25) is 7.14 Å². The van der Waals surface area contributed by atoms with E-state index in [2.05, 4.69) is 76.7 Å². The third-order valence-electron chi connectivity index (χ3n) is 6.98. The molecule has 0 aliphatic heterocycles. The highest BCUT2D eigenvalue weighted by Gasteiger charge is 2.36. The second-order valence-corrected chi connectivity index (χ2v) is 11.5. The Labute approximate surface area is 208 Å². The van der Waals surface area contributed by atoms with Crippen molar-refractivity contribution in [2.24, 2.45) is 0 Å². The Hall–Kier alpha value is -4.33. The highest BCUT2D eigenvalue weighted by molar-refractivity contribution is 7.85. The molecule has 0 atom stereocenters. The molecule has 2 heterocycles. The van der Waals surface area contributed by atoms with Crippen molar-refractivity contribution in [3.05, 3.63) is 128 Å². The molecule has 7 aromatic rings. The van der Waals surface area contributed by atoms with Crippen LogP contribution in [0.3, 0.4) is 0 Å². The number of fused-ring (bicyclic) bond motifs is 7. The summed E-state index contributed by atoms with van der Waals surface area (Å²) in [5.41, 5.74) is 1.08. The van der Waals surface area contributed by atoms with Gasteiger partial charge in [0.25, 0.3) is 0 Å². The molecule has 170 valence electrons. The summed E-state index contributed by atoms with van der Waals surface area (Å²) in [6, 6.07) is 38.6. The fraction of sp³-hybridized carbons (Fsp3) is 0. The number of rotatable bonds is 3. The number of hydrogen-bond acceptors (Lipinski definition) is 3. The summed E-state index contributed by atoms with van der Waals surface area (Å²) in [7, 11) is -3.47. The van der Waals surface area contributed by atoms with Gasteiger partial charge in [-0.05, 0) is 68.0 Å². The first-order chi connectivity index (χ1) is 17.8. The van der Waals surface area contributed by atoms with Gasteiger partial charge in [0.05, 0.1) is 0 Å². The van der Waals surface area contributed by atoms with Crippen LogP contribution in [0, 0.1) is 0 Å². The van der Waals surface area contributed by atoms with Gasteiger partial charge in [-0.25, -0.2) is 0 Å². The predicted octanol–water partition coefficient (Wildman–Crippen LogP) is 6.73. The SMILES string of the molecule is O=P(c1ccccn1)(c1ccccn1)c1c2ccccc2cc2c3ccccc3c3ccccc3c12. The lowest BCUT2D eigenvalue weighted by molar-refractivity contribution is 0.591. The lowest BCUT2D eigenvalue weighted by Gasteiger charge is -2.23. The second kappa shape index (κ2) is 8.12. The lowest BCUT2D eigenvalue weighted by atomic mass is 9.92. The second-order valence-electron chi connectivity index (χ2n) is 8.95. The van der Waals surface area contributed by atoms with Crippen LogP contribution in [0.4, 0.5) is 0 Å². The first-order valence-corrected chi connectivity index (χ1v) is 13.7. The minimum absolute atomic E-state index is 0.540. The van der Waals surface area contributed by atoms with Crippen LogP contribution in [-0.4, -0.2) is 9.97 Å². The van der Waals surface area contributed by atoms with Gasteiger partial charge in [-0.2, -0.15) is 0 Å². The van der Waals surface area contributed by atoms with E-state index in [1.54, 1.807) is 12.4 Å². The van der Waals surface area contributed by atoms with Crippen molar-refractivity contribution in [3.8, 4) is 0 Å². The predicted molar refractivity (Wildman–Crippen MR) is 151 cm³/mol. The number of hydrogen-bond donors (Lipinski definition) is 0. The molecule has 4 heteroatoms. The fourth-order valence-corrected chi connectivity index (χ4v) is 8.30. The maximum atomic E-state index is 15.7. The summed E-state index contributed by atoms with van der Waals surface area (Å²) in [4.78, 5) is 9.31. The van der Waals surface area contributed by atoms with Crippen molar-refractivity contribution < 1.29 is 4.57 Å². The molecule has 0 radical (unpaired) electrons. The van der Waals surface area contributed by atoms with Crippen molar-refractivity contribution in [3.63, 3.8) is 0 Å². The zero-order chi connectivity index (χ0) is 24.1. The van der Waals surface area contributed by atoms with Crippen molar-refractivity contribution in [1.29, 1.82) is 0 Å². The van der Waals surface area contributed by atoms with E-state index in [0.717, 1.165) is 43.0 Å². The lowest BCUT2D eigenvalue weighted by Crippen LogP contribution is -2.29. The number of benzene rings is 5. The van der Waals surface area contributed by atoms with Gasteiger partial charge >= 0.3 is 0 Å². The van der Waals surface area contributed by atoms with Crippen LogP contribution in [0.25, 0.3) is 43.1 Å². The van der Waals surface area contributed by atoms with Crippen molar-refractivity contribution >= 4 is 66.4 Å². The van der Waals surface area contributed by atoms with E-state index in [-0.39, 0.29) is 0 Å². The summed E-state index contributed by atoms with van der Waals surface area (Å²) in [5.74, 6) is 0. The Morgan fingerprint density at radius 2 is 0.944 bits per heavy atom. The van der Waals surface area contributed by atoms with E-state index in [9.17, 15) is 0 Å². The fourth-order valence-electron chi connectivity index (χ4n) is 5.46. The third-order valence-corrected chi connectivity index (χ3v) is 9.90. The summed E-state index contributed by atoms with van der Waals surface area (Å²) in [6.07, 6.45) is 3.43. The van der Waals surface area contributed by atoms with Crippen LogP contribution < -0.4 is 16.2 Å². The van der Waals surface area contributed by atoms with Crippen LogP contribution in [0.15, 0.2) is 128 Å². The highest BCUT2D eigenvalue weighted by atomic mass is 31.2. The van der Waals surface area contributed by atoms with Crippen LogP contribution in [-0.2, 0) is 4.57 Å². The molecule has 0 N–H and O–H groups in total. The number of aromatic nitrogens is 2. The van der Waals surface area contributed by atoms with E-state index >= 15 is 4.57 Å². The topological polar surface area (TPSA) is 42.9 Å². The van der Waals surface area contributed by atoms with Crippen LogP contribution in [0.2, 0.25) is 0 Å². The van der Waals surface area contributed by atoms with E-state index in [1.165, 1.54) is 5.39 Å². The first kappa shape index (κ1) is 21.0. The molecule has 0 spiro atoms. The molecule has 2 aromatic heterocycles. The molecule has 7 rings (SSSR count). The molecule has 0 saturated heterocycles. The Kier molecular flexibility index (Phi) is 4.73. The quantitative estimate of drug-likeness (QED) is 0.160. The largest absolute Gasteiger partial charge is 0.305 e. The summed E-state index contributed by atoms with van der Waals surface area (Å²) < 4.78 is 15.7. The zero-order valence-electron chi connectivity index (χ0n) is 19.4. The van der Waals surface area contributed by atoms with E-state index in [4.69, 9.17) is 0 Å². The Balaban J connectivity index is 1.82. The van der Waals surface area contributed by atoms with Gasteiger partial charge < -0.3 is 4.57 Å². The van der Waals surface area contributed by atoms with Crippen LogP contribution in [0.1, 0.15) is 0 Å². The van der Waals surface area contributed by atoms with Crippen LogP contribution >= 0.6 is 7.14 Å². The molecular formula is C32H21N2OP. The third kappa shape index (κ3) is 2.97. The van der Waals surface area contributed by atoms with Crippen molar-refractivity contribution in [1.82, 2.24) is 9.97 Å². The molecule has 0 saturated carbocycles. The number of nitrogens with zero attached hydrogens (tertiary/aromatic N) is 2. The zero-order valence-corrected chi connectivity index (χ0v) is 20.3. The molecule has 0 fully saturated rings. The van der Waals surface area contributed by atoms with Crippen LogP contribution in [0.5, 0.6) is 0 Å². The summed E-state index contributed by atoms with van der Waals surface area (Å²) >= 11 is 0. The molecule has 0 bridgehead atoms. The normalized spacial score (nSPS) is 12.0. The molecule has 0 amide bonds. The van der Waals surface area contributed by atoms with E-state index in [1.807, 2.05) is 48.5 Å². The monoisotopic (exact) mass is 480 g/mol. The highest BCUT2D eigenvalue weighted by Crippen LogP contribution is 2.48. The van der Waals surface area contributed by atoms with Crippen molar-refractivity contribution in [2.45, 2.75) is 0 Å². The molecule has 5 aromatic carbocycles. The molecule has 0 unspecified atom stereocenters. The van der Waals surface area contributed by atoms with Gasteiger partial charge in [-0.3, -0.25) is 9.97 Å². The first-order valence-electron chi connectivity index (χ1n) is 12.0. The van der Waals surface area contributed by atoms with E-state index in [0.29, 0.717) is 10.9 Å². The van der Waals surface area contributed by atoms with Crippen molar-refractivity contribution in [2.75, 3.05) is 0 Å².